The molecule has 5 heteroatoms. The molecule has 0 aliphatic carbocycles. The van der Waals surface area contributed by atoms with Crippen LogP contribution in [0.4, 0.5) is 0 Å². The molecule has 1 aromatic carbocycles. The number of aromatic nitrogens is 1. The first-order chi connectivity index (χ1) is 11.6. The van der Waals surface area contributed by atoms with Gasteiger partial charge in [0, 0.05) is 24.2 Å². The lowest BCUT2D eigenvalue weighted by Crippen LogP contribution is -2.38. The Hall–Kier alpha value is -1.88. The molecule has 0 atom stereocenters. The summed E-state index contributed by atoms with van der Waals surface area (Å²) in [4.78, 5) is 10.4. The molecule has 0 unspecified atom stereocenters. The monoisotopic (exact) mass is 344 g/mol. The van der Waals surface area contributed by atoms with Gasteiger partial charge >= 0.3 is 0 Å². The Balaban J connectivity index is 1.89. The highest BCUT2D eigenvalue weighted by atomic mass is 32.1. The number of nitrogens with one attached hydrogen (secondary N) is 2. The predicted molar refractivity (Wildman–Crippen MR) is 104 cm³/mol. The van der Waals surface area contributed by atoms with Gasteiger partial charge in [0.25, 0.3) is 0 Å². The lowest BCUT2D eigenvalue weighted by molar-refractivity contribution is 0.798. The molecule has 130 valence electrons. The Morgan fingerprint density at radius 1 is 1.12 bits per heavy atom. The Kier molecular flexibility index (Phi) is 7.25. The number of aliphatic imine (C=N–C) groups is 1. The van der Waals surface area contributed by atoms with Gasteiger partial charge in [-0.1, -0.05) is 36.2 Å². The van der Waals surface area contributed by atoms with E-state index in [1.165, 1.54) is 21.6 Å². The second-order valence-corrected chi connectivity index (χ2v) is 7.14. The third-order valence-electron chi connectivity index (χ3n) is 3.65. The van der Waals surface area contributed by atoms with E-state index >= 15 is 0 Å². The highest BCUT2D eigenvalue weighted by Crippen LogP contribution is 2.14. The van der Waals surface area contributed by atoms with Crippen LogP contribution in [-0.2, 0) is 19.4 Å². The molecule has 1 aromatic heterocycles. The number of hydrogen-bond acceptors (Lipinski definition) is 3. The van der Waals surface area contributed by atoms with Crippen molar-refractivity contribution in [3.05, 3.63) is 51.0 Å². The van der Waals surface area contributed by atoms with Crippen molar-refractivity contribution in [1.82, 2.24) is 15.6 Å². The molecule has 0 bridgehead atoms. The molecule has 2 aromatic rings. The second-order valence-electron chi connectivity index (χ2n) is 5.94. The van der Waals surface area contributed by atoms with Crippen LogP contribution in [0, 0.1) is 13.8 Å². The Morgan fingerprint density at radius 2 is 1.88 bits per heavy atom. The molecular weight excluding hydrogens is 316 g/mol. The van der Waals surface area contributed by atoms with Crippen molar-refractivity contribution in [3.63, 3.8) is 0 Å². The number of hydrogen-bond donors (Lipinski definition) is 2. The van der Waals surface area contributed by atoms with Crippen LogP contribution in [-0.4, -0.2) is 24.0 Å². The maximum absolute atomic E-state index is 4.64. The van der Waals surface area contributed by atoms with Crippen LogP contribution >= 0.6 is 11.3 Å². The number of benzene rings is 1. The molecule has 0 amide bonds. The molecule has 0 saturated heterocycles. The molecule has 2 N–H and O–H groups in total. The second kappa shape index (κ2) is 9.42. The van der Waals surface area contributed by atoms with Crippen LogP contribution in [0.15, 0.2) is 29.4 Å². The van der Waals surface area contributed by atoms with E-state index in [-0.39, 0.29) is 0 Å². The zero-order valence-corrected chi connectivity index (χ0v) is 16.0. The van der Waals surface area contributed by atoms with E-state index in [1.807, 2.05) is 6.20 Å². The Labute approximate surface area is 149 Å². The number of rotatable bonds is 7. The first kappa shape index (κ1) is 18.5. The summed E-state index contributed by atoms with van der Waals surface area (Å²) in [5, 5.41) is 7.78. The lowest BCUT2D eigenvalue weighted by Gasteiger charge is -2.11. The molecular formula is C19H28N4S. The molecule has 0 aliphatic rings. The Morgan fingerprint density at radius 3 is 2.50 bits per heavy atom. The largest absolute Gasteiger partial charge is 0.357 e. The van der Waals surface area contributed by atoms with Crippen LogP contribution in [0.5, 0.6) is 0 Å². The summed E-state index contributed by atoms with van der Waals surface area (Å²) in [5.41, 5.74) is 4.01. The van der Waals surface area contributed by atoms with Crippen molar-refractivity contribution in [2.75, 3.05) is 13.1 Å². The molecule has 0 radical (unpaired) electrons. The van der Waals surface area contributed by atoms with Gasteiger partial charge in [-0.2, -0.15) is 0 Å². The zero-order valence-electron chi connectivity index (χ0n) is 15.1. The van der Waals surface area contributed by atoms with Crippen LogP contribution in [0.1, 0.15) is 40.4 Å². The van der Waals surface area contributed by atoms with E-state index in [9.17, 15) is 0 Å². The van der Waals surface area contributed by atoms with E-state index in [1.54, 1.807) is 11.3 Å². The first-order valence-corrected chi connectivity index (χ1v) is 9.45. The summed E-state index contributed by atoms with van der Waals surface area (Å²) in [5.74, 6) is 0.857. The predicted octanol–water partition coefficient (Wildman–Crippen LogP) is 3.62. The third kappa shape index (κ3) is 5.96. The lowest BCUT2D eigenvalue weighted by atomic mass is 10.1. The fourth-order valence-electron chi connectivity index (χ4n) is 2.61. The van der Waals surface area contributed by atoms with Crippen molar-refractivity contribution in [2.45, 2.75) is 47.1 Å². The fraction of sp³-hybridized carbons (Fsp3) is 0.474. The summed E-state index contributed by atoms with van der Waals surface area (Å²) in [7, 11) is 0. The maximum atomic E-state index is 4.64. The van der Waals surface area contributed by atoms with Gasteiger partial charge in [0.05, 0.1) is 6.54 Å². The van der Waals surface area contributed by atoms with Gasteiger partial charge in [-0.15, -0.1) is 11.3 Å². The van der Waals surface area contributed by atoms with Crippen molar-refractivity contribution in [3.8, 4) is 0 Å². The average molecular weight is 345 g/mol. The fourth-order valence-corrected chi connectivity index (χ4v) is 3.40. The summed E-state index contributed by atoms with van der Waals surface area (Å²) >= 11 is 1.74. The van der Waals surface area contributed by atoms with Gasteiger partial charge in [0.15, 0.2) is 5.96 Å². The number of thiazole rings is 1. The first-order valence-electron chi connectivity index (χ1n) is 8.63. The topological polar surface area (TPSA) is 49.3 Å². The van der Waals surface area contributed by atoms with Gasteiger partial charge < -0.3 is 10.6 Å². The van der Waals surface area contributed by atoms with Crippen molar-refractivity contribution < 1.29 is 0 Å². The van der Waals surface area contributed by atoms with Crippen LogP contribution < -0.4 is 10.6 Å². The summed E-state index contributed by atoms with van der Waals surface area (Å²) in [6.07, 6.45) is 3.98. The highest BCUT2D eigenvalue weighted by molar-refractivity contribution is 7.11. The van der Waals surface area contributed by atoms with Crippen molar-refractivity contribution >= 4 is 17.3 Å². The van der Waals surface area contributed by atoms with Gasteiger partial charge in [-0.25, -0.2) is 9.98 Å². The van der Waals surface area contributed by atoms with Crippen LogP contribution in [0.25, 0.3) is 0 Å². The molecule has 0 fully saturated rings. The van der Waals surface area contributed by atoms with Crippen molar-refractivity contribution in [2.24, 2.45) is 4.99 Å². The summed E-state index contributed by atoms with van der Waals surface area (Å²) < 4.78 is 0. The van der Waals surface area contributed by atoms with E-state index in [0.29, 0.717) is 6.54 Å². The molecule has 24 heavy (non-hydrogen) atoms. The zero-order chi connectivity index (χ0) is 17.4. The normalized spacial score (nSPS) is 11.6. The summed E-state index contributed by atoms with van der Waals surface area (Å²) in [6, 6.07) is 6.71. The molecule has 1 heterocycles. The molecule has 0 aliphatic heterocycles. The van der Waals surface area contributed by atoms with E-state index in [2.05, 4.69) is 66.5 Å². The van der Waals surface area contributed by atoms with Gasteiger partial charge in [-0.3, -0.25) is 0 Å². The van der Waals surface area contributed by atoms with Crippen molar-refractivity contribution in [1.29, 1.82) is 0 Å². The highest BCUT2D eigenvalue weighted by Gasteiger charge is 2.02. The molecule has 0 saturated carbocycles. The smallest absolute Gasteiger partial charge is 0.191 e. The maximum Gasteiger partial charge on any atom is 0.191 e. The molecule has 0 spiro atoms. The Bertz CT molecular complexity index is 656. The third-order valence-corrected chi connectivity index (χ3v) is 4.78. The average Bonchev–Trinajstić information content (AvgIpc) is 3.00. The van der Waals surface area contributed by atoms with Gasteiger partial charge in [-0.05, 0) is 39.2 Å². The van der Waals surface area contributed by atoms with E-state index in [0.717, 1.165) is 36.9 Å². The minimum atomic E-state index is 0.629. The minimum Gasteiger partial charge on any atom is -0.357 e. The SMILES string of the molecule is CCNC(=NCc1ncc(CC)s1)NCCc1cc(C)cc(C)c1. The molecule has 2 rings (SSSR count). The number of guanidine groups is 1. The quantitative estimate of drug-likeness (QED) is 0.596. The molecule has 4 nitrogen and oxygen atoms in total. The number of nitrogens with zero attached hydrogens (tertiary/aromatic N) is 2. The standard InChI is InChI=1S/C19H28N4S/c1-5-17-12-22-18(24-17)13-23-19(20-6-2)21-8-7-16-10-14(3)9-15(4)11-16/h9-12H,5-8,13H2,1-4H3,(H2,20,21,23). The van der Waals surface area contributed by atoms with Gasteiger partial charge in [0.2, 0.25) is 0 Å². The van der Waals surface area contributed by atoms with E-state index < -0.39 is 0 Å². The van der Waals surface area contributed by atoms with Crippen LogP contribution in [0.3, 0.4) is 0 Å². The minimum absolute atomic E-state index is 0.629. The van der Waals surface area contributed by atoms with Gasteiger partial charge in [0.1, 0.15) is 5.01 Å². The summed E-state index contributed by atoms with van der Waals surface area (Å²) in [6.45, 7) is 10.9. The number of aryl methyl sites for hydroxylation is 3. The van der Waals surface area contributed by atoms with Crippen LogP contribution in [0.2, 0.25) is 0 Å². The van der Waals surface area contributed by atoms with E-state index in [4.69, 9.17) is 0 Å².